The highest BCUT2D eigenvalue weighted by molar-refractivity contribution is 5.92. The maximum Gasteiger partial charge on any atom is 0.335 e. The van der Waals surface area contributed by atoms with E-state index < -0.39 is 11.9 Å². The third kappa shape index (κ3) is 3.48. The van der Waals surface area contributed by atoms with Gasteiger partial charge in [0.1, 0.15) is 0 Å². The monoisotopic (exact) mass is 326 g/mol. The van der Waals surface area contributed by atoms with Crippen LogP contribution in [0.15, 0.2) is 36.4 Å². The first-order chi connectivity index (χ1) is 11.2. The Balaban J connectivity index is 2.60. The van der Waals surface area contributed by atoms with Gasteiger partial charge >= 0.3 is 11.9 Å². The summed E-state index contributed by atoms with van der Waals surface area (Å²) in [6, 6.07) is 10.5. The van der Waals surface area contributed by atoms with E-state index in [-0.39, 0.29) is 11.8 Å². The first-order valence-electron chi connectivity index (χ1n) is 7.97. The zero-order valence-corrected chi connectivity index (χ0v) is 14.3. The molecule has 126 valence electrons. The van der Waals surface area contributed by atoms with Gasteiger partial charge < -0.3 is 10.2 Å². The third-order valence-electron chi connectivity index (χ3n) is 4.14. The van der Waals surface area contributed by atoms with Crippen LogP contribution in [0.1, 0.15) is 71.4 Å². The van der Waals surface area contributed by atoms with Crippen molar-refractivity contribution in [3.63, 3.8) is 0 Å². The van der Waals surface area contributed by atoms with E-state index in [4.69, 9.17) is 0 Å². The molecule has 0 heterocycles. The molecule has 0 aliphatic rings. The molecule has 0 aliphatic carbocycles. The van der Waals surface area contributed by atoms with Gasteiger partial charge in [-0.05, 0) is 46.2 Å². The Kier molecular flexibility index (Phi) is 5.07. The molecule has 0 radical (unpaired) electrons. The number of carbonyl (C=O) groups is 2. The molecular weight excluding hydrogens is 304 g/mol. The molecular formula is C20H22O4. The second kappa shape index (κ2) is 6.87. The van der Waals surface area contributed by atoms with Crippen LogP contribution in [0.5, 0.6) is 0 Å². The molecule has 4 nitrogen and oxygen atoms in total. The number of benzene rings is 2. The van der Waals surface area contributed by atoms with E-state index >= 15 is 0 Å². The van der Waals surface area contributed by atoms with Crippen LogP contribution in [0, 0.1) is 0 Å². The molecule has 0 aliphatic heterocycles. The summed E-state index contributed by atoms with van der Waals surface area (Å²) >= 11 is 0. The van der Waals surface area contributed by atoms with Crippen molar-refractivity contribution in [2.45, 2.75) is 39.5 Å². The minimum Gasteiger partial charge on any atom is -0.478 e. The van der Waals surface area contributed by atoms with Crippen LogP contribution in [0.2, 0.25) is 0 Å². The van der Waals surface area contributed by atoms with Crippen LogP contribution in [-0.4, -0.2) is 22.2 Å². The number of hydrogen-bond donors (Lipinski definition) is 2. The Morgan fingerprint density at radius 2 is 1.04 bits per heavy atom. The second-order valence-corrected chi connectivity index (χ2v) is 6.52. The van der Waals surface area contributed by atoms with E-state index in [0.717, 1.165) is 22.3 Å². The van der Waals surface area contributed by atoms with Crippen molar-refractivity contribution in [1.82, 2.24) is 0 Å². The molecule has 2 N–H and O–H groups in total. The lowest BCUT2D eigenvalue weighted by molar-refractivity contribution is 0.0684. The number of aromatic carboxylic acids is 2. The molecule has 0 unspecified atom stereocenters. The quantitative estimate of drug-likeness (QED) is 0.811. The number of rotatable bonds is 5. The van der Waals surface area contributed by atoms with Crippen LogP contribution in [0.25, 0.3) is 11.1 Å². The summed E-state index contributed by atoms with van der Waals surface area (Å²) < 4.78 is 0. The standard InChI is InChI=1S/C20H22O4/c1-11(2)17-9-13(5-7-15(17)19(21)22)14-6-8-16(20(23)24)18(10-14)12(3)4/h5-12H,1-4H3,(H,21,22)(H,23,24). The van der Waals surface area contributed by atoms with Gasteiger partial charge in [-0.25, -0.2) is 9.59 Å². The molecule has 0 saturated heterocycles. The molecule has 2 aromatic carbocycles. The fraction of sp³-hybridized carbons (Fsp3) is 0.300. The molecule has 2 rings (SSSR count). The normalized spacial score (nSPS) is 11.1. The Morgan fingerprint density at radius 1 is 0.708 bits per heavy atom. The van der Waals surface area contributed by atoms with Crippen molar-refractivity contribution < 1.29 is 19.8 Å². The summed E-state index contributed by atoms with van der Waals surface area (Å²) in [6.45, 7) is 7.83. The highest BCUT2D eigenvalue weighted by Gasteiger charge is 2.17. The van der Waals surface area contributed by atoms with Crippen LogP contribution in [0.4, 0.5) is 0 Å². The summed E-state index contributed by atoms with van der Waals surface area (Å²) in [5, 5.41) is 18.7. The van der Waals surface area contributed by atoms with E-state index in [9.17, 15) is 19.8 Å². The number of carboxylic acids is 2. The Hall–Kier alpha value is -2.62. The van der Waals surface area contributed by atoms with Crippen molar-refractivity contribution >= 4 is 11.9 Å². The van der Waals surface area contributed by atoms with Gasteiger partial charge in [0.25, 0.3) is 0 Å². The van der Waals surface area contributed by atoms with E-state index in [1.54, 1.807) is 24.3 Å². The summed E-state index contributed by atoms with van der Waals surface area (Å²) in [5.74, 6) is -1.71. The van der Waals surface area contributed by atoms with Crippen molar-refractivity contribution in [2.24, 2.45) is 0 Å². The van der Waals surface area contributed by atoms with Gasteiger partial charge in [-0.3, -0.25) is 0 Å². The van der Waals surface area contributed by atoms with Crippen molar-refractivity contribution in [1.29, 1.82) is 0 Å². The molecule has 4 heteroatoms. The minimum atomic E-state index is -0.936. The molecule has 0 atom stereocenters. The zero-order chi connectivity index (χ0) is 18.0. The summed E-state index contributed by atoms with van der Waals surface area (Å²) in [6.07, 6.45) is 0. The maximum absolute atomic E-state index is 11.4. The fourth-order valence-corrected chi connectivity index (χ4v) is 2.83. The van der Waals surface area contributed by atoms with Crippen LogP contribution < -0.4 is 0 Å². The van der Waals surface area contributed by atoms with Gasteiger partial charge in [0.2, 0.25) is 0 Å². The van der Waals surface area contributed by atoms with E-state index in [1.807, 2.05) is 39.8 Å². The molecule has 0 amide bonds. The SMILES string of the molecule is CC(C)c1cc(-c2ccc(C(=O)O)c(C(C)C)c2)ccc1C(=O)O. The van der Waals surface area contributed by atoms with Crippen LogP contribution >= 0.6 is 0 Å². The average molecular weight is 326 g/mol. The topological polar surface area (TPSA) is 74.6 Å². The average Bonchev–Trinajstić information content (AvgIpc) is 2.53. The smallest absolute Gasteiger partial charge is 0.335 e. The maximum atomic E-state index is 11.4. The highest BCUT2D eigenvalue weighted by Crippen LogP contribution is 2.30. The molecule has 0 fully saturated rings. The summed E-state index contributed by atoms with van der Waals surface area (Å²) in [5.41, 5.74) is 3.94. The van der Waals surface area contributed by atoms with E-state index in [1.165, 1.54) is 0 Å². The Labute approximate surface area is 141 Å². The zero-order valence-electron chi connectivity index (χ0n) is 14.3. The summed E-state index contributed by atoms with van der Waals surface area (Å²) in [7, 11) is 0. The predicted molar refractivity (Wildman–Crippen MR) is 94.0 cm³/mol. The lowest BCUT2D eigenvalue weighted by Crippen LogP contribution is -2.05. The van der Waals surface area contributed by atoms with Crippen molar-refractivity contribution in [3.8, 4) is 11.1 Å². The minimum absolute atomic E-state index is 0.0823. The molecule has 0 aromatic heterocycles. The van der Waals surface area contributed by atoms with Crippen LogP contribution in [0.3, 0.4) is 0 Å². The number of hydrogen-bond acceptors (Lipinski definition) is 2. The predicted octanol–water partition coefficient (Wildman–Crippen LogP) is 5.00. The van der Waals surface area contributed by atoms with E-state index in [2.05, 4.69) is 0 Å². The third-order valence-corrected chi connectivity index (χ3v) is 4.14. The lowest BCUT2D eigenvalue weighted by atomic mass is 9.89. The molecule has 0 saturated carbocycles. The first-order valence-corrected chi connectivity index (χ1v) is 7.97. The fourth-order valence-electron chi connectivity index (χ4n) is 2.83. The van der Waals surface area contributed by atoms with Gasteiger partial charge in [0.15, 0.2) is 0 Å². The van der Waals surface area contributed by atoms with Gasteiger partial charge in [-0.2, -0.15) is 0 Å². The van der Waals surface area contributed by atoms with Crippen molar-refractivity contribution in [3.05, 3.63) is 58.7 Å². The number of carboxylic acid groups (broad SMARTS) is 2. The largest absolute Gasteiger partial charge is 0.478 e. The second-order valence-electron chi connectivity index (χ2n) is 6.52. The van der Waals surface area contributed by atoms with Gasteiger partial charge in [-0.1, -0.05) is 52.0 Å². The van der Waals surface area contributed by atoms with E-state index in [0.29, 0.717) is 11.1 Å². The Morgan fingerprint density at radius 3 is 1.29 bits per heavy atom. The lowest BCUT2D eigenvalue weighted by Gasteiger charge is -2.15. The molecule has 0 spiro atoms. The first kappa shape index (κ1) is 17.7. The van der Waals surface area contributed by atoms with Crippen molar-refractivity contribution in [2.75, 3.05) is 0 Å². The van der Waals surface area contributed by atoms with Gasteiger partial charge in [-0.15, -0.1) is 0 Å². The molecule has 2 aromatic rings. The summed E-state index contributed by atoms with van der Waals surface area (Å²) in [4.78, 5) is 22.7. The van der Waals surface area contributed by atoms with Crippen LogP contribution in [-0.2, 0) is 0 Å². The Bertz CT molecular complexity index is 721. The molecule has 0 bridgehead atoms. The highest BCUT2D eigenvalue weighted by atomic mass is 16.4. The van der Waals surface area contributed by atoms with Gasteiger partial charge in [0, 0.05) is 0 Å². The molecule has 24 heavy (non-hydrogen) atoms. The van der Waals surface area contributed by atoms with Gasteiger partial charge in [0.05, 0.1) is 11.1 Å².